The van der Waals surface area contributed by atoms with Crippen molar-refractivity contribution in [1.82, 2.24) is 0 Å². The summed E-state index contributed by atoms with van der Waals surface area (Å²) in [5, 5.41) is 3.71. The second-order valence-corrected chi connectivity index (χ2v) is 5.67. The molecule has 112 valence electrons. The lowest BCUT2D eigenvalue weighted by atomic mass is 10.0. The molecule has 0 heterocycles. The number of halogens is 3. The molecule has 1 unspecified atom stereocenters. The fraction of sp³-hybridized carbons (Fsp3) is 0.250. The maximum atomic E-state index is 13.2. The highest BCUT2D eigenvalue weighted by atomic mass is 35.5. The lowest BCUT2D eigenvalue weighted by Gasteiger charge is -2.20. The van der Waals surface area contributed by atoms with Crippen molar-refractivity contribution in [3.05, 3.63) is 57.3 Å². The van der Waals surface area contributed by atoms with Gasteiger partial charge >= 0.3 is 0 Å². The van der Waals surface area contributed by atoms with E-state index >= 15 is 0 Å². The molecule has 0 radical (unpaired) electrons. The Balaban J connectivity index is 2.34. The fourth-order valence-electron chi connectivity index (χ4n) is 2.17. The van der Waals surface area contributed by atoms with Crippen molar-refractivity contribution in [3.63, 3.8) is 0 Å². The Hall–Kier alpha value is -1.45. The van der Waals surface area contributed by atoms with Crippen LogP contribution >= 0.6 is 23.2 Å². The van der Waals surface area contributed by atoms with Gasteiger partial charge in [-0.3, -0.25) is 0 Å². The standard InChI is InChI=1S/C16H16Cl2FNO/c1-9-4-5-15(21-3)12(6-9)10(2)20-16-13(17)7-11(19)8-14(16)18/h4-8,10,20H,1-3H3. The summed E-state index contributed by atoms with van der Waals surface area (Å²) in [7, 11) is 1.62. The van der Waals surface area contributed by atoms with Crippen molar-refractivity contribution in [3.8, 4) is 5.75 Å². The van der Waals surface area contributed by atoms with Crippen molar-refractivity contribution >= 4 is 28.9 Å². The molecule has 2 rings (SSSR count). The van der Waals surface area contributed by atoms with Crippen molar-refractivity contribution in [1.29, 1.82) is 0 Å². The van der Waals surface area contributed by atoms with Gasteiger partial charge in [-0.1, -0.05) is 40.9 Å². The third-order valence-electron chi connectivity index (χ3n) is 3.22. The Morgan fingerprint density at radius 2 is 1.76 bits per heavy atom. The van der Waals surface area contributed by atoms with E-state index in [0.717, 1.165) is 16.9 Å². The summed E-state index contributed by atoms with van der Waals surface area (Å²) >= 11 is 12.1. The summed E-state index contributed by atoms with van der Waals surface area (Å²) in [6, 6.07) is 8.29. The van der Waals surface area contributed by atoms with E-state index in [9.17, 15) is 4.39 Å². The van der Waals surface area contributed by atoms with E-state index in [0.29, 0.717) is 5.69 Å². The monoisotopic (exact) mass is 327 g/mol. The molecule has 2 aromatic rings. The summed E-state index contributed by atoms with van der Waals surface area (Å²) in [5.74, 6) is 0.311. The molecule has 0 amide bonds. The number of aryl methyl sites for hydroxylation is 1. The highest BCUT2D eigenvalue weighted by Gasteiger charge is 2.15. The molecule has 1 N–H and O–H groups in total. The van der Waals surface area contributed by atoms with Gasteiger partial charge in [-0.15, -0.1) is 0 Å². The smallest absolute Gasteiger partial charge is 0.126 e. The van der Waals surface area contributed by atoms with Gasteiger partial charge in [0.15, 0.2) is 0 Å². The van der Waals surface area contributed by atoms with Gasteiger partial charge in [-0.05, 0) is 32.0 Å². The van der Waals surface area contributed by atoms with E-state index < -0.39 is 5.82 Å². The predicted molar refractivity (Wildman–Crippen MR) is 86.2 cm³/mol. The number of ether oxygens (including phenoxy) is 1. The second kappa shape index (κ2) is 6.54. The van der Waals surface area contributed by atoms with E-state index in [-0.39, 0.29) is 16.1 Å². The number of rotatable bonds is 4. The third kappa shape index (κ3) is 3.60. The van der Waals surface area contributed by atoms with Crippen LogP contribution in [0.15, 0.2) is 30.3 Å². The first-order valence-electron chi connectivity index (χ1n) is 6.48. The van der Waals surface area contributed by atoms with Crippen LogP contribution in [0, 0.1) is 12.7 Å². The van der Waals surface area contributed by atoms with Gasteiger partial charge in [0.1, 0.15) is 11.6 Å². The van der Waals surface area contributed by atoms with Crippen molar-refractivity contribution < 1.29 is 9.13 Å². The minimum atomic E-state index is -0.462. The largest absolute Gasteiger partial charge is 0.496 e. The Morgan fingerprint density at radius 3 is 2.33 bits per heavy atom. The van der Waals surface area contributed by atoms with Gasteiger partial charge in [0, 0.05) is 5.56 Å². The maximum Gasteiger partial charge on any atom is 0.126 e. The fourth-order valence-corrected chi connectivity index (χ4v) is 2.74. The van der Waals surface area contributed by atoms with Crippen molar-refractivity contribution in [2.75, 3.05) is 12.4 Å². The summed E-state index contributed by atoms with van der Waals surface area (Å²) in [4.78, 5) is 0. The normalized spacial score (nSPS) is 12.1. The van der Waals surface area contributed by atoms with Crippen molar-refractivity contribution in [2.45, 2.75) is 19.9 Å². The van der Waals surface area contributed by atoms with Gasteiger partial charge in [0.25, 0.3) is 0 Å². The molecule has 2 aromatic carbocycles. The van der Waals surface area contributed by atoms with Gasteiger partial charge in [-0.2, -0.15) is 0 Å². The Bertz CT molecular complexity index is 638. The predicted octanol–water partition coefficient (Wildman–Crippen LogP) is 5.62. The van der Waals surface area contributed by atoms with E-state index in [1.54, 1.807) is 7.11 Å². The number of hydrogen-bond acceptors (Lipinski definition) is 2. The van der Waals surface area contributed by atoms with Gasteiger partial charge in [-0.25, -0.2) is 4.39 Å². The Morgan fingerprint density at radius 1 is 1.14 bits per heavy atom. The lowest BCUT2D eigenvalue weighted by molar-refractivity contribution is 0.408. The van der Waals surface area contributed by atoms with Crippen LogP contribution in [-0.2, 0) is 0 Å². The molecular formula is C16H16Cl2FNO. The molecule has 1 atom stereocenters. The number of methoxy groups -OCH3 is 1. The number of anilines is 1. The molecule has 0 bridgehead atoms. The lowest BCUT2D eigenvalue weighted by Crippen LogP contribution is -2.09. The molecule has 0 aliphatic rings. The van der Waals surface area contributed by atoms with Crippen LogP contribution in [0.2, 0.25) is 10.0 Å². The van der Waals surface area contributed by atoms with Crippen LogP contribution in [0.5, 0.6) is 5.75 Å². The summed E-state index contributed by atoms with van der Waals surface area (Å²) in [6.45, 7) is 3.97. The van der Waals surface area contributed by atoms with E-state index in [4.69, 9.17) is 27.9 Å². The van der Waals surface area contributed by atoms with Crippen LogP contribution in [0.3, 0.4) is 0 Å². The average molecular weight is 328 g/mol. The zero-order valence-electron chi connectivity index (χ0n) is 12.0. The van der Waals surface area contributed by atoms with E-state index in [2.05, 4.69) is 5.32 Å². The molecule has 0 fully saturated rings. The van der Waals surface area contributed by atoms with Crippen LogP contribution in [-0.4, -0.2) is 7.11 Å². The van der Waals surface area contributed by atoms with Crippen LogP contribution in [0.4, 0.5) is 10.1 Å². The van der Waals surface area contributed by atoms with Crippen LogP contribution in [0.1, 0.15) is 24.1 Å². The SMILES string of the molecule is COc1ccc(C)cc1C(C)Nc1c(Cl)cc(F)cc1Cl. The number of nitrogens with one attached hydrogen (secondary N) is 1. The quantitative estimate of drug-likeness (QED) is 0.786. The van der Waals surface area contributed by atoms with Crippen LogP contribution < -0.4 is 10.1 Å². The molecule has 21 heavy (non-hydrogen) atoms. The van der Waals surface area contributed by atoms with Crippen LogP contribution in [0.25, 0.3) is 0 Å². The molecule has 5 heteroatoms. The number of benzene rings is 2. The van der Waals surface area contributed by atoms with E-state index in [1.807, 2.05) is 32.0 Å². The molecule has 0 aliphatic carbocycles. The summed E-state index contributed by atoms with van der Waals surface area (Å²) < 4.78 is 18.6. The summed E-state index contributed by atoms with van der Waals surface area (Å²) in [6.07, 6.45) is 0. The zero-order valence-corrected chi connectivity index (χ0v) is 13.5. The first kappa shape index (κ1) is 15.9. The molecule has 2 nitrogen and oxygen atoms in total. The highest BCUT2D eigenvalue weighted by molar-refractivity contribution is 6.39. The highest BCUT2D eigenvalue weighted by Crippen LogP contribution is 2.36. The maximum absolute atomic E-state index is 13.2. The van der Waals surface area contributed by atoms with Gasteiger partial charge in [0.2, 0.25) is 0 Å². The summed E-state index contributed by atoms with van der Waals surface area (Å²) in [5.41, 5.74) is 2.61. The molecule has 0 saturated heterocycles. The molecule has 0 aromatic heterocycles. The van der Waals surface area contributed by atoms with Gasteiger partial charge in [0.05, 0.1) is 28.9 Å². The molecule has 0 spiro atoms. The first-order chi connectivity index (χ1) is 9.92. The topological polar surface area (TPSA) is 21.3 Å². The Labute approximate surface area is 133 Å². The first-order valence-corrected chi connectivity index (χ1v) is 7.23. The Kier molecular flexibility index (Phi) is 4.96. The molecule has 0 saturated carbocycles. The van der Waals surface area contributed by atoms with Gasteiger partial charge < -0.3 is 10.1 Å². The average Bonchev–Trinajstić information content (AvgIpc) is 2.42. The zero-order chi connectivity index (χ0) is 15.6. The second-order valence-electron chi connectivity index (χ2n) is 4.86. The number of hydrogen-bond donors (Lipinski definition) is 1. The minimum absolute atomic E-state index is 0.0969. The minimum Gasteiger partial charge on any atom is -0.496 e. The van der Waals surface area contributed by atoms with E-state index in [1.165, 1.54) is 12.1 Å². The molecular weight excluding hydrogens is 312 g/mol. The van der Waals surface area contributed by atoms with Crippen molar-refractivity contribution in [2.24, 2.45) is 0 Å². The molecule has 0 aliphatic heterocycles. The third-order valence-corrected chi connectivity index (χ3v) is 3.82.